The molecule has 0 atom stereocenters. The molecule has 0 N–H and O–H groups in total. The Bertz CT molecular complexity index is 788. The van der Waals surface area contributed by atoms with Crippen LogP contribution in [0.5, 0.6) is 0 Å². The fourth-order valence-corrected chi connectivity index (χ4v) is 2.27. The van der Waals surface area contributed by atoms with Gasteiger partial charge in [0.05, 0.1) is 7.05 Å². The molecule has 4 heteroatoms. The Balaban J connectivity index is 2.18. The Morgan fingerprint density at radius 3 is 2.45 bits per heavy atom. The maximum atomic E-state index is 12.2. The molecule has 0 spiro atoms. The molecule has 0 aliphatic carbocycles. The van der Waals surface area contributed by atoms with Crippen LogP contribution in [0.3, 0.4) is 0 Å². The normalized spacial score (nSPS) is 12.0. The lowest BCUT2D eigenvalue weighted by molar-refractivity contribution is -0.652. The van der Waals surface area contributed by atoms with Gasteiger partial charge < -0.3 is 5.11 Å². The van der Waals surface area contributed by atoms with Crippen LogP contribution in [0.1, 0.15) is 11.4 Å². The zero-order valence-corrected chi connectivity index (χ0v) is 11.4. The van der Waals surface area contributed by atoms with Gasteiger partial charge in [-0.05, 0) is 17.7 Å². The number of aromatic nitrogens is 2. The van der Waals surface area contributed by atoms with Crippen molar-refractivity contribution in [2.24, 2.45) is 12.1 Å². The number of aryl methyl sites for hydroxylation is 1. The van der Waals surface area contributed by atoms with E-state index in [-0.39, 0.29) is 5.90 Å². The smallest absolute Gasteiger partial charge is 0.279 e. The molecule has 0 radical (unpaired) electrons. The minimum atomic E-state index is -0.241. The van der Waals surface area contributed by atoms with E-state index in [1.165, 1.54) is 0 Å². The fraction of sp³-hybridized carbons (Fsp3) is 0.125. The molecule has 1 aromatic heterocycles. The largest absolute Gasteiger partial charge is 0.856 e. The summed E-state index contributed by atoms with van der Waals surface area (Å²) >= 11 is 0. The summed E-state index contributed by atoms with van der Waals surface area (Å²) in [6.07, 6.45) is 0. The van der Waals surface area contributed by atoms with Crippen LogP contribution in [0, 0.1) is 6.92 Å². The number of hydrogen-bond donors (Lipinski definition) is 0. The summed E-state index contributed by atoms with van der Waals surface area (Å²) in [5, 5.41) is 16.5. The van der Waals surface area contributed by atoms with Crippen LogP contribution in [0.2, 0.25) is 0 Å². The number of fused-ring (bicyclic) bond motifs is 1. The van der Waals surface area contributed by atoms with Gasteiger partial charge in [0.1, 0.15) is 0 Å². The van der Waals surface area contributed by atoms with E-state index < -0.39 is 0 Å². The predicted molar refractivity (Wildman–Crippen MR) is 76.2 cm³/mol. The quantitative estimate of drug-likeness (QED) is 0.392. The van der Waals surface area contributed by atoms with Crippen molar-refractivity contribution < 1.29 is 9.67 Å². The second-order valence-corrected chi connectivity index (χ2v) is 4.68. The van der Waals surface area contributed by atoms with E-state index in [4.69, 9.17) is 0 Å². The first kappa shape index (κ1) is 12.4. The van der Waals surface area contributed by atoms with E-state index in [0.717, 1.165) is 16.9 Å². The Labute approximate surface area is 117 Å². The van der Waals surface area contributed by atoms with Gasteiger partial charge in [0.15, 0.2) is 5.52 Å². The van der Waals surface area contributed by atoms with Gasteiger partial charge >= 0.3 is 0 Å². The van der Waals surface area contributed by atoms with Gasteiger partial charge in [-0.2, -0.15) is 0 Å². The van der Waals surface area contributed by atoms with E-state index >= 15 is 0 Å². The molecule has 0 aliphatic rings. The van der Waals surface area contributed by atoms with Crippen molar-refractivity contribution in [2.45, 2.75) is 6.92 Å². The standard InChI is InChI=1S/C16H15N3O/c1-12-18(2)14-10-6-7-11-15(14)19(12)17-16(20)13-8-4-3-5-9-13/h3-11H,1-2H3. The van der Waals surface area contributed by atoms with Gasteiger partial charge in [-0.3, -0.25) is 0 Å². The van der Waals surface area contributed by atoms with E-state index in [0.29, 0.717) is 5.56 Å². The van der Waals surface area contributed by atoms with Gasteiger partial charge in [0.25, 0.3) is 5.82 Å². The van der Waals surface area contributed by atoms with E-state index in [1.807, 2.05) is 61.0 Å². The molecular formula is C16H15N3O. The van der Waals surface area contributed by atoms with Crippen LogP contribution >= 0.6 is 0 Å². The Morgan fingerprint density at radius 2 is 1.70 bits per heavy atom. The third-order valence-corrected chi connectivity index (χ3v) is 3.47. The second kappa shape index (κ2) is 4.81. The third kappa shape index (κ3) is 1.95. The molecule has 0 bridgehead atoms. The van der Waals surface area contributed by atoms with Crippen molar-refractivity contribution in [3.05, 3.63) is 66.0 Å². The first-order valence-electron chi connectivity index (χ1n) is 6.46. The van der Waals surface area contributed by atoms with E-state index in [1.54, 1.807) is 16.8 Å². The summed E-state index contributed by atoms with van der Waals surface area (Å²) in [5.41, 5.74) is 2.57. The van der Waals surface area contributed by atoms with Crippen molar-refractivity contribution in [3.63, 3.8) is 0 Å². The van der Waals surface area contributed by atoms with Crippen LogP contribution < -0.4 is 9.67 Å². The lowest BCUT2D eigenvalue weighted by Crippen LogP contribution is -2.31. The monoisotopic (exact) mass is 265 g/mol. The van der Waals surface area contributed by atoms with Crippen molar-refractivity contribution in [3.8, 4) is 0 Å². The molecule has 100 valence electrons. The number of rotatable bonds is 2. The molecule has 0 fully saturated rings. The summed E-state index contributed by atoms with van der Waals surface area (Å²) in [7, 11) is 1.97. The number of nitrogens with zero attached hydrogens (tertiary/aromatic N) is 3. The Morgan fingerprint density at radius 1 is 1.05 bits per heavy atom. The molecule has 0 amide bonds. The van der Waals surface area contributed by atoms with Crippen LogP contribution in [0.25, 0.3) is 11.0 Å². The lowest BCUT2D eigenvalue weighted by Gasteiger charge is -2.07. The lowest BCUT2D eigenvalue weighted by atomic mass is 10.2. The SMILES string of the molecule is Cc1n(N=C([O-])c2ccccc2)c2ccccc2[n+]1C. The molecule has 1 heterocycles. The van der Waals surface area contributed by atoms with Gasteiger partial charge in [0, 0.05) is 12.8 Å². The molecule has 0 aliphatic heterocycles. The molecule has 0 unspecified atom stereocenters. The molecule has 0 saturated carbocycles. The van der Waals surface area contributed by atoms with Gasteiger partial charge in [-0.1, -0.05) is 52.2 Å². The maximum absolute atomic E-state index is 12.2. The summed E-state index contributed by atoms with van der Waals surface area (Å²) in [5.74, 6) is 0.672. The number of para-hydroxylation sites is 2. The van der Waals surface area contributed by atoms with Crippen molar-refractivity contribution >= 4 is 16.9 Å². The predicted octanol–water partition coefficient (Wildman–Crippen LogP) is 1.34. The molecule has 2 aromatic carbocycles. The average molecular weight is 265 g/mol. The maximum Gasteiger partial charge on any atom is 0.279 e. The van der Waals surface area contributed by atoms with Gasteiger partial charge in [0.2, 0.25) is 5.52 Å². The zero-order chi connectivity index (χ0) is 14.1. The molecule has 20 heavy (non-hydrogen) atoms. The summed E-state index contributed by atoms with van der Waals surface area (Å²) in [6, 6.07) is 17.0. The van der Waals surface area contributed by atoms with Crippen molar-refractivity contribution in [2.75, 3.05) is 0 Å². The Hall–Kier alpha value is -2.62. The molecular weight excluding hydrogens is 250 g/mol. The fourth-order valence-electron chi connectivity index (χ4n) is 2.27. The highest BCUT2D eigenvalue weighted by atomic mass is 16.3. The molecule has 3 rings (SSSR count). The number of imidazole rings is 1. The number of benzene rings is 2. The highest BCUT2D eigenvalue weighted by Crippen LogP contribution is 2.13. The second-order valence-electron chi connectivity index (χ2n) is 4.68. The molecule has 3 aromatic rings. The topological polar surface area (TPSA) is 44.2 Å². The van der Waals surface area contributed by atoms with E-state index in [2.05, 4.69) is 5.10 Å². The summed E-state index contributed by atoms with van der Waals surface area (Å²) in [4.78, 5) is 0. The molecule has 0 saturated heterocycles. The van der Waals surface area contributed by atoms with Crippen molar-refractivity contribution in [1.82, 2.24) is 4.68 Å². The van der Waals surface area contributed by atoms with Gasteiger partial charge in [-0.25, -0.2) is 4.57 Å². The van der Waals surface area contributed by atoms with Gasteiger partial charge in [-0.15, -0.1) is 0 Å². The minimum Gasteiger partial charge on any atom is -0.856 e. The third-order valence-electron chi connectivity index (χ3n) is 3.47. The first-order chi connectivity index (χ1) is 9.68. The summed E-state index contributed by atoms with van der Waals surface area (Å²) < 4.78 is 3.72. The Kier molecular flexibility index (Phi) is 2.99. The van der Waals surface area contributed by atoms with Crippen LogP contribution in [0.15, 0.2) is 59.7 Å². The van der Waals surface area contributed by atoms with Crippen LogP contribution in [-0.4, -0.2) is 10.6 Å². The van der Waals surface area contributed by atoms with Crippen LogP contribution in [-0.2, 0) is 7.05 Å². The minimum absolute atomic E-state index is 0.241. The summed E-state index contributed by atoms with van der Waals surface area (Å²) in [6.45, 7) is 1.95. The first-order valence-corrected chi connectivity index (χ1v) is 6.46. The molecule has 4 nitrogen and oxygen atoms in total. The van der Waals surface area contributed by atoms with Crippen LogP contribution in [0.4, 0.5) is 0 Å². The average Bonchev–Trinajstić information content (AvgIpc) is 2.74. The highest BCUT2D eigenvalue weighted by molar-refractivity contribution is 5.90. The highest BCUT2D eigenvalue weighted by Gasteiger charge is 2.18. The zero-order valence-electron chi connectivity index (χ0n) is 11.4. The van der Waals surface area contributed by atoms with Crippen molar-refractivity contribution in [1.29, 1.82) is 0 Å². The van der Waals surface area contributed by atoms with E-state index in [9.17, 15) is 5.11 Å². The number of hydrogen-bond acceptors (Lipinski definition) is 2.